The van der Waals surface area contributed by atoms with Crippen molar-refractivity contribution in [2.75, 3.05) is 13.7 Å². The van der Waals surface area contributed by atoms with Crippen LogP contribution < -0.4 is 14.8 Å². The Balaban J connectivity index is 0.00000320. The summed E-state index contributed by atoms with van der Waals surface area (Å²) >= 11 is 15.8. The maximum Gasteiger partial charge on any atom is 0.175 e. The molecule has 0 spiro atoms. The third-order valence-electron chi connectivity index (χ3n) is 4.44. The number of hydrogen-bond acceptors (Lipinski definition) is 3. The minimum absolute atomic E-state index is 0. The van der Waals surface area contributed by atoms with Gasteiger partial charge >= 0.3 is 0 Å². The lowest BCUT2D eigenvalue weighted by Crippen LogP contribution is -2.16. The number of hydrogen-bond donors (Lipinski definition) is 1. The molecule has 3 nitrogen and oxygen atoms in total. The van der Waals surface area contributed by atoms with E-state index in [9.17, 15) is 0 Å². The van der Waals surface area contributed by atoms with E-state index in [-0.39, 0.29) is 12.4 Å². The molecule has 0 aromatic heterocycles. The van der Waals surface area contributed by atoms with E-state index < -0.39 is 0 Å². The van der Waals surface area contributed by atoms with E-state index in [0.717, 1.165) is 35.1 Å². The quantitative estimate of drug-likeness (QED) is 0.299. The number of methoxy groups -OCH3 is 1. The fraction of sp³-hybridized carbons (Fsp3) is 0.217. The SMILES string of the molecule is COc1cc(CNCCc2ccccc2)cc(Br)c1OCc1ccc(Cl)cc1Cl.Cl. The Labute approximate surface area is 202 Å². The van der Waals surface area contributed by atoms with Crippen molar-refractivity contribution in [2.45, 2.75) is 19.6 Å². The van der Waals surface area contributed by atoms with E-state index in [2.05, 4.69) is 45.5 Å². The number of ether oxygens (including phenoxy) is 2. The van der Waals surface area contributed by atoms with Gasteiger partial charge in [0.1, 0.15) is 6.61 Å². The highest BCUT2D eigenvalue weighted by Crippen LogP contribution is 2.37. The molecule has 0 saturated heterocycles. The van der Waals surface area contributed by atoms with Crippen LogP contribution in [-0.2, 0) is 19.6 Å². The minimum atomic E-state index is 0. The molecule has 160 valence electrons. The second kappa shape index (κ2) is 12.4. The van der Waals surface area contributed by atoms with Gasteiger partial charge in [0.15, 0.2) is 11.5 Å². The Morgan fingerprint density at radius 2 is 1.73 bits per heavy atom. The molecule has 3 aromatic rings. The van der Waals surface area contributed by atoms with Gasteiger partial charge in [-0.15, -0.1) is 12.4 Å². The second-order valence-electron chi connectivity index (χ2n) is 6.55. The molecule has 30 heavy (non-hydrogen) atoms. The zero-order valence-corrected chi connectivity index (χ0v) is 20.4. The highest BCUT2D eigenvalue weighted by Gasteiger charge is 2.13. The Morgan fingerprint density at radius 1 is 0.967 bits per heavy atom. The van der Waals surface area contributed by atoms with E-state index in [0.29, 0.717) is 28.2 Å². The Bertz CT molecular complexity index is 955. The topological polar surface area (TPSA) is 30.5 Å². The molecule has 0 aliphatic rings. The average Bonchev–Trinajstić information content (AvgIpc) is 2.72. The Hall–Kier alpha value is -1.43. The van der Waals surface area contributed by atoms with Crippen molar-refractivity contribution in [1.29, 1.82) is 0 Å². The monoisotopic (exact) mass is 529 g/mol. The van der Waals surface area contributed by atoms with Crippen LogP contribution in [0.2, 0.25) is 10.0 Å². The molecule has 0 saturated carbocycles. The molecule has 0 unspecified atom stereocenters. The summed E-state index contributed by atoms with van der Waals surface area (Å²) in [4.78, 5) is 0. The summed E-state index contributed by atoms with van der Waals surface area (Å²) in [5.41, 5.74) is 3.29. The van der Waals surface area contributed by atoms with Crippen LogP contribution in [0.25, 0.3) is 0 Å². The van der Waals surface area contributed by atoms with Crippen LogP contribution in [0.3, 0.4) is 0 Å². The lowest BCUT2D eigenvalue weighted by Gasteiger charge is -2.15. The third-order valence-corrected chi connectivity index (χ3v) is 5.61. The smallest absolute Gasteiger partial charge is 0.175 e. The maximum absolute atomic E-state index is 6.23. The van der Waals surface area contributed by atoms with Gasteiger partial charge in [0.05, 0.1) is 11.6 Å². The highest BCUT2D eigenvalue weighted by atomic mass is 79.9. The molecule has 0 fully saturated rings. The summed E-state index contributed by atoms with van der Waals surface area (Å²) in [6.45, 7) is 1.96. The fourth-order valence-corrected chi connectivity index (χ4v) is 3.98. The van der Waals surface area contributed by atoms with Crippen molar-refractivity contribution >= 4 is 51.5 Å². The first kappa shape index (κ1) is 24.8. The predicted molar refractivity (Wildman–Crippen MR) is 131 cm³/mol. The number of rotatable bonds is 9. The zero-order valence-electron chi connectivity index (χ0n) is 16.5. The summed E-state index contributed by atoms with van der Waals surface area (Å²) in [6, 6.07) is 19.8. The van der Waals surface area contributed by atoms with Gasteiger partial charge in [-0.25, -0.2) is 0 Å². The van der Waals surface area contributed by atoms with Crippen LogP contribution in [0.4, 0.5) is 0 Å². The summed E-state index contributed by atoms with van der Waals surface area (Å²) in [5, 5.41) is 4.65. The van der Waals surface area contributed by atoms with Crippen molar-refractivity contribution in [3.8, 4) is 11.5 Å². The van der Waals surface area contributed by atoms with Gasteiger partial charge in [0, 0.05) is 22.2 Å². The van der Waals surface area contributed by atoms with Crippen LogP contribution >= 0.6 is 51.5 Å². The molecule has 0 atom stereocenters. The van der Waals surface area contributed by atoms with Crippen LogP contribution in [0.15, 0.2) is 65.1 Å². The van der Waals surface area contributed by atoms with Gasteiger partial charge in [0.2, 0.25) is 0 Å². The molecule has 0 heterocycles. The van der Waals surface area contributed by atoms with Crippen LogP contribution in [0.1, 0.15) is 16.7 Å². The second-order valence-corrected chi connectivity index (χ2v) is 8.24. The molecule has 0 bridgehead atoms. The zero-order chi connectivity index (χ0) is 20.6. The van der Waals surface area contributed by atoms with Crippen molar-refractivity contribution in [3.05, 3.63) is 91.9 Å². The Kier molecular flexibility index (Phi) is 10.3. The summed E-state index contributed by atoms with van der Waals surface area (Å²) in [7, 11) is 1.64. The molecule has 0 amide bonds. The molecule has 3 aromatic carbocycles. The summed E-state index contributed by atoms with van der Waals surface area (Å²) < 4.78 is 12.4. The van der Waals surface area contributed by atoms with Gasteiger partial charge in [-0.3, -0.25) is 0 Å². The van der Waals surface area contributed by atoms with Crippen molar-refractivity contribution in [3.63, 3.8) is 0 Å². The fourth-order valence-electron chi connectivity index (χ4n) is 2.91. The molecule has 1 N–H and O–H groups in total. The molecule has 0 aliphatic carbocycles. The summed E-state index contributed by atoms with van der Waals surface area (Å²) in [6.07, 6.45) is 0.988. The van der Waals surface area contributed by atoms with Gasteiger partial charge < -0.3 is 14.8 Å². The summed E-state index contributed by atoms with van der Waals surface area (Å²) in [5.74, 6) is 1.32. The number of benzene rings is 3. The first-order chi connectivity index (χ1) is 14.1. The van der Waals surface area contributed by atoms with E-state index >= 15 is 0 Å². The molecular formula is C23H23BrCl3NO2. The minimum Gasteiger partial charge on any atom is -0.493 e. The molecule has 0 aliphatic heterocycles. The van der Waals surface area contributed by atoms with Gasteiger partial charge in [0.25, 0.3) is 0 Å². The maximum atomic E-state index is 6.23. The van der Waals surface area contributed by atoms with Crippen LogP contribution in [0.5, 0.6) is 11.5 Å². The van der Waals surface area contributed by atoms with Gasteiger partial charge in [-0.2, -0.15) is 0 Å². The average molecular weight is 532 g/mol. The Morgan fingerprint density at radius 3 is 2.43 bits per heavy atom. The van der Waals surface area contributed by atoms with E-state index in [4.69, 9.17) is 32.7 Å². The normalized spacial score (nSPS) is 10.4. The number of halogens is 4. The molecule has 0 radical (unpaired) electrons. The highest BCUT2D eigenvalue weighted by molar-refractivity contribution is 9.10. The predicted octanol–water partition coefficient (Wildman–Crippen LogP) is 7.10. The lowest BCUT2D eigenvalue weighted by molar-refractivity contribution is 0.282. The van der Waals surface area contributed by atoms with Crippen molar-refractivity contribution < 1.29 is 9.47 Å². The molecule has 3 rings (SSSR count). The van der Waals surface area contributed by atoms with Crippen molar-refractivity contribution in [1.82, 2.24) is 5.32 Å². The largest absolute Gasteiger partial charge is 0.493 e. The molecule has 7 heteroatoms. The number of nitrogens with one attached hydrogen (secondary N) is 1. The lowest BCUT2D eigenvalue weighted by atomic mass is 10.1. The van der Waals surface area contributed by atoms with Gasteiger partial charge in [-0.1, -0.05) is 59.6 Å². The van der Waals surface area contributed by atoms with Crippen molar-refractivity contribution in [2.24, 2.45) is 0 Å². The first-order valence-corrected chi connectivity index (χ1v) is 10.8. The van der Waals surface area contributed by atoms with E-state index in [1.807, 2.05) is 24.3 Å². The first-order valence-electron chi connectivity index (χ1n) is 9.24. The van der Waals surface area contributed by atoms with E-state index in [1.54, 1.807) is 19.2 Å². The third kappa shape index (κ3) is 7.07. The van der Waals surface area contributed by atoms with Crippen LogP contribution in [-0.4, -0.2) is 13.7 Å². The van der Waals surface area contributed by atoms with Gasteiger partial charge in [-0.05, 0) is 64.3 Å². The molecular weight excluding hydrogens is 509 g/mol. The standard InChI is InChI=1S/C23H22BrCl2NO2.ClH/c1-28-22-12-17(14-27-10-9-16-5-3-2-4-6-16)11-20(24)23(22)29-15-18-7-8-19(25)13-21(18)26;/h2-8,11-13,27H,9-10,14-15H2,1H3;1H. The van der Waals surface area contributed by atoms with Crippen LogP contribution in [0, 0.1) is 0 Å². The van der Waals surface area contributed by atoms with E-state index in [1.165, 1.54) is 5.56 Å².